The lowest BCUT2D eigenvalue weighted by Crippen LogP contribution is -2.22. The summed E-state index contributed by atoms with van der Waals surface area (Å²) in [5.74, 6) is -0.434. The predicted molar refractivity (Wildman–Crippen MR) is 50.1 cm³/mol. The smallest absolute Gasteiger partial charge is 0.265 e. The maximum absolute atomic E-state index is 11.2. The van der Waals surface area contributed by atoms with Crippen molar-refractivity contribution in [1.82, 2.24) is 10.3 Å². The minimum Gasteiger partial charge on any atom is -0.338 e. The molecule has 0 aliphatic carbocycles. The van der Waals surface area contributed by atoms with Gasteiger partial charge in [0.1, 0.15) is 11.4 Å². The molecule has 0 saturated heterocycles. The number of rotatable bonds is 2. The summed E-state index contributed by atoms with van der Waals surface area (Å²) in [7, 11) is 0. The molecule has 0 aromatic carbocycles. The lowest BCUT2D eigenvalue weighted by Gasteiger charge is -1.95. The van der Waals surface area contributed by atoms with E-state index in [1.165, 1.54) is 0 Å². The van der Waals surface area contributed by atoms with Gasteiger partial charge in [-0.3, -0.25) is 4.79 Å². The molecule has 0 saturated carbocycles. The number of carbonyl (C=O) groups is 1. The Bertz CT molecular complexity index is 370. The van der Waals surface area contributed by atoms with E-state index in [9.17, 15) is 4.79 Å². The molecule has 1 aromatic heterocycles. The first kappa shape index (κ1) is 10.3. The van der Waals surface area contributed by atoms with E-state index in [1.54, 1.807) is 6.07 Å². The van der Waals surface area contributed by atoms with Gasteiger partial charge >= 0.3 is 0 Å². The van der Waals surface area contributed by atoms with Crippen molar-refractivity contribution in [2.24, 2.45) is 0 Å². The third-order valence-electron chi connectivity index (χ3n) is 1.09. The van der Waals surface area contributed by atoms with E-state index in [-0.39, 0.29) is 21.0 Å². The lowest BCUT2D eigenvalue weighted by molar-refractivity contribution is 0.0962. The zero-order chi connectivity index (χ0) is 9.84. The Hall–Kier alpha value is -0.830. The molecule has 68 valence electrons. The molecule has 0 atom stereocenters. The summed E-state index contributed by atoms with van der Waals surface area (Å²) in [5.41, 5.74) is 0. The van der Waals surface area contributed by atoms with Gasteiger partial charge in [0.25, 0.3) is 5.91 Å². The first-order valence-electron chi connectivity index (χ1n) is 3.12. The third-order valence-corrected chi connectivity index (χ3v) is 2.64. The molecule has 13 heavy (non-hydrogen) atoms. The van der Waals surface area contributed by atoms with E-state index in [0.717, 1.165) is 11.3 Å². The normalized spacial score (nSPS) is 9.31. The SMILES string of the molecule is N#CCNC(=O)c1sc(Cl)nc1Cl. The number of aromatic nitrogens is 1. The van der Waals surface area contributed by atoms with Crippen LogP contribution in [0.25, 0.3) is 0 Å². The molecule has 0 fully saturated rings. The van der Waals surface area contributed by atoms with Crippen molar-refractivity contribution in [3.63, 3.8) is 0 Å². The third kappa shape index (κ3) is 2.56. The number of hydrogen-bond acceptors (Lipinski definition) is 4. The van der Waals surface area contributed by atoms with Gasteiger partial charge in [-0.1, -0.05) is 34.5 Å². The zero-order valence-corrected chi connectivity index (χ0v) is 8.50. The summed E-state index contributed by atoms with van der Waals surface area (Å²) in [6, 6.07) is 1.77. The number of thiazole rings is 1. The Labute approximate surface area is 88.1 Å². The largest absolute Gasteiger partial charge is 0.338 e. The van der Waals surface area contributed by atoms with Gasteiger partial charge in [-0.25, -0.2) is 4.98 Å². The predicted octanol–water partition coefficient (Wildman–Crippen LogP) is 1.70. The Morgan fingerprint density at radius 3 is 2.85 bits per heavy atom. The highest BCUT2D eigenvalue weighted by Crippen LogP contribution is 2.26. The Kier molecular flexibility index (Phi) is 3.48. The van der Waals surface area contributed by atoms with Crippen LogP contribution in [0, 0.1) is 11.3 Å². The number of halogens is 2. The van der Waals surface area contributed by atoms with Crippen LogP contribution in [0.2, 0.25) is 9.62 Å². The molecular formula is C6H3Cl2N3OS. The first-order chi connectivity index (χ1) is 6.15. The molecule has 0 aliphatic heterocycles. The minimum absolute atomic E-state index is 0.0606. The highest BCUT2D eigenvalue weighted by atomic mass is 35.5. The summed E-state index contributed by atoms with van der Waals surface area (Å²) >= 11 is 12.1. The second-order valence-corrected chi connectivity index (χ2v) is 3.87. The van der Waals surface area contributed by atoms with Gasteiger partial charge in [0.05, 0.1) is 6.07 Å². The van der Waals surface area contributed by atoms with Crippen molar-refractivity contribution >= 4 is 40.4 Å². The Morgan fingerprint density at radius 1 is 1.69 bits per heavy atom. The number of nitrogens with zero attached hydrogens (tertiary/aromatic N) is 2. The van der Waals surface area contributed by atoms with Gasteiger partial charge < -0.3 is 5.32 Å². The van der Waals surface area contributed by atoms with E-state index in [1.807, 2.05) is 0 Å². The summed E-state index contributed by atoms with van der Waals surface area (Å²) in [4.78, 5) is 15.1. The first-order valence-corrected chi connectivity index (χ1v) is 4.69. The van der Waals surface area contributed by atoms with Crippen LogP contribution in [0.15, 0.2) is 0 Å². The van der Waals surface area contributed by atoms with Gasteiger partial charge in [0.2, 0.25) is 0 Å². The quantitative estimate of drug-likeness (QED) is 0.794. The van der Waals surface area contributed by atoms with E-state index < -0.39 is 5.91 Å². The Balaban J connectivity index is 2.78. The molecule has 1 N–H and O–H groups in total. The van der Waals surface area contributed by atoms with E-state index in [4.69, 9.17) is 28.5 Å². The highest BCUT2D eigenvalue weighted by Gasteiger charge is 2.15. The van der Waals surface area contributed by atoms with Crippen LogP contribution in [0.1, 0.15) is 9.67 Å². The molecule has 0 unspecified atom stereocenters. The molecule has 1 rings (SSSR count). The molecule has 0 spiro atoms. The van der Waals surface area contributed by atoms with Crippen LogP contribution in [0.3, 0.4) is 0 Å². The summed E-state index contributed by atoms with van der Waals surface area (Å²) in [6.45, 7) is -0.0648. The van der Waals surface area contributed by atoms with Crippen molar-refractivity contribution in [2.75, 3.05) is 6.54 Å². The van der Waals surface area contributed by atoms with Crippen LogP contribution in [-0.4, -0.2) is 17.4 Å². The van der Waals surface area contributed by atoms with E-state index in [2.05, 4.69) is 10.3 Å². The van der Waals surface area contributed by atoms with Crippen LogP contribution in [-0.2, 0) is 0 Å². The van der Waals surface area contributed by atoms with Gasteiger partial charge in [0, 0.05) is 0 Å². The van der Waals surface area contributed by atoms with Crippen molar-refractivity contribution in [1.29, 1.82) is 5.26 Å². The number of nitrogens with one attached hydrogen (secondary N) is 1. The zero-order valence-electron chi connectivity index (χ0n) is 6.17. The molecule has 1 amide bonds. The molecule has 0 aliphatic rings. The molecule has 0 bridgehead atoms. The van der Waals surface area contributed by atoms with Crippen molar-refractivity contribution in [3.05, 3.63) is 14.5 Å². The average molecular weight is 236 g/mol. The van der Waals surface area contributed by atoms with Crippen molar-refractivity contribution < 1.29 is 4.79 Å². The molecule has 7 heteroatoms. The van der Waals surface area contributed by atoms with Crippen LogP contribution < -0.4 is 5.32 Å². The fraction of sp³-hybridized carbons (Fsp3) is 0.167. The molecular weight excluding hydrogens is 233 g/mol. The van der Waals surface area contributed by atoms with Crippen LogP contribution in [0.5, 0.6) is 0 Å². The average Bonchev–Trinajstić information content (AvgIpc) is 2.41. The topological polar surface area (TPSA) is 65.8 Å². The van der Waals surface area contributed by atoms with Gasteiger partial charge in [-0.2, -0.15) is 5.26 Å². The van der Waals surface area contributed by atoms with Crippen molar-refractivity contribution in [2.45, 2.75) is 0 Å². The maximum atomic E-state index is 11.2. The molecule has 0 radical (unpaired) electrons. The second-order valence-electron chi connectivity index (χ2n) is 1.93. The lowest BCUT2D eigenvalue weighted by atomic mass is 10.5. The molecule has 4 nitrogen and oxygen atoms in total. The Morgan fingerprint density at radius 2 is 2.38 bits per heavy atom. The van der Waals surface area contributed by atoms with Crippen LogP contribution in [0.4, 0.5) is 0 Å². The summed E-state index contributed by atoms with van der Waals surface area (Å²) < 4.78 is 0.201. The molecule has 1 heterocycles. The van der Waals surface area contributed by atoms with Gasteiger partial charge in [-0.15, -0.1) is 0 Å². The summed E-state index contributed by atoms with van der Waals surface area (Å²) in [6.07, 6.45) is 0. The fourth-order valence-corrected chi connectivity index (χ4v) is 1.91. The second kappa shape index (κ2) is 4.42. The highest BCUT2D eigenvalue weighted by molar-refractivity contribution is 7.18. The van der Waals surface area contributed by atoms with Gasteiger partial charge in [0.15, 0.2) is 9.62 Å². The summed E-state index contributed by atoms with van der Waals surface area (Å²) in [5, 5.41) is 10.6. The monoisotopic (exact) mass is 235 g/mol. The number of nitriles is 1. The number of hydrogen-bond donors (Lipinski definition) is 1. The molecule has 1 aromatic rings. The minimum atomic E-state index is -0.434. The van der Waals surface area contributed by atoms with E-state index >= 15 is 0 Å². The van der Waals surface area contributed by atoms with Gasteiger partial charge in [-0.05, 0) is 0 Å². The van der Waals surface area contributed by atoms with Crippen molar-refractivity contribution in [3.8, 4) is 6.07 Å². The van der Waals surface area contributed by atoms with E-state index in [0.29, 0.717) is 0 Å². The number of carbonyl (C=O) groups excluding carboxylic acids is 1. The fourth-order valence-electron chi connectivity index (χ4n) is 0.617. The maximum Gasteiger partial charge on any atom is 0.265 e. The standard InChI is InChI=1S/C6H3Cl2N3OS/c7-4-3(13-6(8)11-4)5(12)10-2-1-9/h2H2,(H,10,12). The van der Waals surface area contributed by atoms with Crippen LogP contribution >= 0.6 is 34.5 Å². The number of amides is 1.